The first-order chi connectivity index (χ1) is 39.9. The third-order valence-electron chi connectivity index (χ3n) is 15.3. The Bertz CT molecular complexity index is 3590. The predicted octanol–water partition coefficient (Wildman–Crippen LogP) is 13.1. The van der Waals surface area contributed by atoms with Crippen LogP contribution < -0.4 is 18.9 Å². The van der Waals surface area contributed by atoms with Gasteiger partial charge in [0.1, 0.15) is 46.0 Å². The van der Waals surface area contributed by atoms with Crippen molar-refractivity contribution in [2.45, 2.75) is 79.1 Å². The Hall–Kier alpha value is -10.5. The number of hydrogen-bond acceptors (Lipinski definition) is 16. The summed E-state index contributed by atoms with van der Waals surface area (Å²) >= 11 is 0. The number of rotatable bonds is 12. The molecule has 9 rings (SSSR count). The van der Waals surface area contributed by atoms with Crippen molar-refractivity contribution in [3.63, 3.8) is 0 Å². The third-order valence-corrected chi connectivity index (χ3v) is 15.3. The van der Waals surface area contributed by atoms with Crippen molar-refractivity contribution in [2.24, 2.45) is 0 Å². The molecule has 0 radical (unpaired) electrons. The molecule has 8 aromatic rings. The number of phenolic OH excluding ortho intramolecular Hbond substituents is 4. The molecule has 0 saturated carbocycles. The number of Topliss-reactive ketones (excluding diaryl/α,β-unsaturated/α-hetero) is 4. The smallest absolute Gasteiger partial charge is 0.344 e. The molecule has 84 heavy (non-hydrogen) atoms. The SMILES string of the molecule is CC(=O)c1ccccc1C(=O)Oc1cc(OC(=O)c2ccccc2C(C)=O)c2cc1[C@H](C)c1cc(c(O)cc1O)[C@@H](C)c1cc(c(OC(=O)c3ccccc3C(C)=O)cc1OC(=O)c1ccccc1C(C)=O)[C@@H](C)c1cc(c(O)cc1O)[C@@H]2C. The van der Waals surface area contributed by atoms with E-state index in [1.807, 2.05) is 0 Å². The fourth-order valence-corrected chi connectivity index (χ4v) is 10.7. The largest absolute Gasteiger partial charge is 0.508 e. The van der Waals surface area contributed by atoms with Crippen LogP contribution >= 0.6 is 0 Å². The fraction of sp³-hybridized carbons (Fsp3) is 0.176. The van der Waals surface area contributed by atoms with Crippen LogP contribution in [0.2, 0.25) is 0 Å². The van der Waals surface area contributed by atoms with E-state index in [0.29, 0.717) is 0 Å². The van der Waals surface area contributed by atoms with Crippen LogP contribution in [0, 0.1) is 0 Å². The highest BCUT2D eigenvalue weighted by Gasteiger charge is 2.34. The molecule has 4 atom stereocenters. The number of phenols is 4. The second kappa shape index (κ2) is 23.5. The van der Waals surface area contributed by atoms with E-state index in [1.54, 1.807) is 88.4 Å². The minimum absolute atomic E-state index is 0.0414. The van der Waals surface area contributed by atoms with Crippen molar-refractivity contribution in [3.05, 3.63) is 235 Å². The molecule has 0 unspecified atom stereocenters. The molecule has 0 saturated heterocycles. The normalized spacial score (nSPS) is 15.2. The Kier molecular flexibility index (Phi) is 16.3. The summed E-state index contributed by atoms with van der Waals surface area (Å²) in [6, 6.07) is 34.7. The van der Waals surface area contributed by atoms with Gasteiger partial charge in [-0.25, -0.2) is 19.2 Å². The standard InChI is InChI=1S/C68H56O16/c1-33-49-25-50(58(74)29-57(49)73)34(2)55-28-56(64(84-68(80)48-24-16-12-20-44(48)40(8)72)32-63(55)83-67(79)47-23-15-11-19-43(47)39(7)71)36(4)52-26-51(59(75)30-60(52)76)35(3)54-27-53(33)61(81-65(77)45-21-13-9-17-41(45)37(5)69)31-62(54)82-66(78)46-22-14-10-18-42(46)38(6)70/h9-36,73-76H,1-8H3/t33-,34-,35+,36+. The third kappa shape index (κ3) is 11.3. The van der Waals surface area contributed by atoms with Crippen LogP contribution in [0.5, 0.6) is 46.0 Å². The minimum Gasteiger partial charge on any atom is -0.508 e. The van der Waals surface area contributed by atoms with E-state index in [4.69, 9.17) is 18.9 Å². The van der Waals surface area contributed by atoms with Crippen LogP contribution in [-0.4, -0.2) is 67.4 Å². The lowest BCUT2D eigenvalue weighted by Crippen LogP contribution is -2.18. The lowest BCUT2D eigenvalue weighted by Gasteiger charge is -2.27. The second-order valence-electron chi connectivity index (χ2n) is 20.6. The molecule has 1 aliphatic rings. The number of fused-ring (bicyclic) bond motifs is 8. The Morgan fingerprint density at radius 3 is 0.643 bits per heavy atom. The van der Waals surface area contributed by atoms with Crippen molar-refractivity contribution >= 4 is 47.0 Å². The van der Waals surface area contributed by atoms with Gasteiger partial charge in [0.15, 0.2) is 23.1 Å². The van der Waals surface area contributed by atoms with Gasteiger partial charge in [0.05, 0.1) is 22.3 Å². The monoisotopic (exact) mass is 1130 g/mol. The highest BCUT2D eigenvalue weighted by atomic mass is 16.6. The van der Waals surface area contributed by atoms with Crippen LogP contribution in [0.25, 0.3) is 0 Å². The number of carbonyl (C=O) groups excluding carboxylic acids is 8. The van der Waals surface area contributed by atoms with Crippen LogP contribution in [-0.2, 0) is 0 Å². The zero-order valence-corrected chi connectivity index (χ0v) is 46.9. The molecule has 0 spiro atoms. The van der Waals surface area contributed by atoms with Gasteiger partial charge in [0.25, 0.3) is 0 Å². The molecule has 8 aromatic carbocycles. The Morgan fingerprint density at radius 2 is 0.452 bits per heavy atom. The number of carbonyl (C=O) groups is 8. The van der Waals surface area contributed by atoms with Crippen LogP contribution in [0.4, 0.5) is 0 Å². The molecule has 0 heterocycles. The maximum Gasteiger partial charge on any atom is 0.344 e. The Morgan fingerprint density at radius 1 is 0.274 bits per heavy atom. The lowest BCUT2D eigenvalue weighted by molar-refractivity contribution is 0.0708. The highest BCUT2D eigenvalue weighted by molar-refractivity contribution is 6.08. The summed E-state index contributed by atoms with van der Waals surface area (Å²) in [5.74, 6) is -12.5. The molecule has 0 aromatic heterocycles. The summed E-state index contributed by atoms with van der Waals surface area (Å²) in [6.45, 7) is 11.8. The first kappa shape index (κ1) is 58.2. The summed E-state index contributed by atoms with van der Waals surface area (Å²) in [4.78, 5) is 109. The summed E-state index contributed by atoms with van der Waals surface area (Å²) < 4.78 is 24.8. The zero-order chi connectivity index (χ0) is 60.6. The topological polar surface area (TPSA) is 254 Å². The molecule has 0 amide bonds. The number of esters is 4. The first-order valence-corrected chi connectivity index (χ1v) is 26.7. The van der Waals surface area contributed by atoms with Gasteiger partial charge < -0.3 is 39.4 Å². The molecule has 424 valence electrons. The van der Waals surface area contributed by atoms with E-state index in [0.717, 1.165) is 12.1 Å². The van der Waals surface area contributed by atoms with Gasteiger partial charge in [-0.2, -0.15) is 0 Å². The second-order valence-corrected chi connectivity index (χ2v) is 20.6. The summed E-state index contributed by atoms with van der Waals surface area (Å²) in [5.41, 5.74) is 0.967. The number of benzene rings is 8. The van der Waals surface area contributed by atoms with E-state index >= 15 is 0 Å². The molecular weight excluding hydrogens is 1070 g/mol. The van der Waals surface area contributed by atoms with Gasteiger partial charge in [0.2, 0.25) is 0 Å². The van der Waals surface area contributed by atoms with Crippen molar-refractivity contribution in [3.8, 4) is 46.0 Å². The summed E-state index contributed by atoms with van der Waals surface area (Å²) in [7, 11) is 0. The number of ketones is 4. The highest BCUT2D eigenvalue weighted by Crippen LogP contribution is 2.51. The van der Waals surface area contributed by atoms with Crippen molar-refractivity contribution in [1.29, 1.82) is 0 Å². The molecule has 4 N–H and O–H groups in total. The Balaban J connectivity index is 1.33. The van der Waals surface area contributed by atoms with Crippen LogP contribution in [0.1, 0.15) is 206 Å². The van der Waals surface area contributed by atoms with E-state index in [1.165, 1.54) is 100 Å². The molecular formula is C68H56O16. The number of aromatic hydroxyl groups is 4. The van der Waals surface area contributed by atoms with E-state index in [9.17, 15) is 58.8 Å². The predicted molar refractivity (Wildman–Crippen MR) is 308 cm³/mol. The lowest BCUT2D eigenvalue weighted by atomic mass is 9.80. The minimum atomic E-state index is -1.02. The van der Waals surface area contributed by atoms with Crippen molar-refractivity contribution in [1.82, 2.24) is 0 Å². The maximum atomic E-state index is 14.4. The molecule has 1 aliphatic carbocycles. The van der Waals surface area contributed by atoms with E-state index < -0.39 is 93.7 Å². The van der Waals surface area contributed by atoms with Gasteiger partial charge in [-0.15, -0.1) is 0 Å². The van der Waals surface area contributed by atoms with Gasteiger partial charge in [-0.3, -0.25) is 19.2 Å². The molecule has 8 bridgehead atoms. The number of hydrogen-bond donors (Lipinski definition) is 4. The van der Waals surface area contributed by atoms with Crippen molar-refractivity contribution < 1.29 is 77.7 Å². The summed E-state index contributed by atoms with van der Waals surface area (Å²) in [5, 5.41) is 47.7. The molecule has 16 heteroatoms. The average molecular weight is 1130 g/mol. The zero-order valence-electron chi connectivity index (χ0n) is 46.9. The van der Waals surface area contributed by atoms with E-state index in [-0.39, 0.29) is 112 Å². The van der Waals surface area contributed by atoms with Gasteiger partial charge in [-0.05, 0) is 76.2 Å². The molecule has 0 aliphatic heterocycles. The van der Waals surface area contributed by atoms with Gasteiger partial charge in [0, 0.05) is 115 Å². The first-order valence-electron chi connectivity index (χ1n) is 26.7. The quantitative estimate of drug-likeness (QED) is 0.0504. The summed E-state index contributed by atoms with van der Waals surface area (Å²) in [6.07, 6.45) is 0. The fourth-order valence-electron chi connectivity index (χ4n) is 10.7. The van der Waals surface area contributed by atoms with Crippen LogP contribution in [0.3, 0.4) is 0 Å². The molecule has 0 fully saturated rings. The van der Waals surface area contributed by atoms with Gasteiger partial charge in [-0.1, -0.05) is 100 Å². The molecule has 16 nitrogen and oxygen atoms in total. The van der Waals surface area contributed by atoms with Crippen LogP contribution in [0.15, 0.2) is 146 Å². The average Bonchev–Trinajstić information content (AvgIpc) is 1.45. The maximum absolute atomic E-state index is 14.4. The van der Waals surface area contributed by atoms with E-state index in [2.05, 4.69) is 0 Å². The Labute approximate surface area is 482 Å². The van der Waals surface area contributed by atoms with Gasteiger partial charge >= 0.3 is 23.9 Å². The number of ether oxygens (including phenoxy) is 4. The van der Waals surface area contributed by atoms with Crippen molar-refractivity contribution in [2.75, 3.05) is 0 Å².